The van der Waals surface area contributed by atoms with Crippen molar-refractivity contribution >= 4 is 11.9 Å². The van der Waals surface area contributed by atoms with Gasteiger partial charge in [0.2, 0.25) is 5.91 Å². The standard InChI is InChI=1S/C20H23NO4/c1-13-9-16(10-14(2)19(13)25-4)12-21(3)18(22)11-15-5-7-17(8-6-15)20(23)24/h5-10H,11-12H2,1-4H3,(H,23,24). The van der Waals surface area contributed by atoms with Crippen LogP contribution >= 0.6 is 0 Å². The summed E-state index contributed by atoms with van der Waals surface area (Å²) in [5.74, 6) is -0.120. The zero-order valence-corrected chi connectivity index (χ0v) is 15.0. The van der Waals surface area contributed by atoms with Crippen molar-refractivity contribution in [2.75, 3.05) is 14.2 Å². The molecule has 0 unspecified atom stereocenters. The highest BCUT2D eigenvalue weighted by Crippen LogP contribution is 2.24. The number of hydrogen-bond acceptors (Lipinski definition) is 3. The number of carbonyl (C=O) groups is 2. The Labute approximate surface area is 147 Å². The van der Waals surface area contributed by atoms with Gasteiger partial charge in [0.15, 0.2) is 0 Å². The van der Waals surface area contributed by atoms with Gasteiger partial charge in [0.1, 0.15) is 5.75 Å². The van der Waals surface area contributed by atoms with Crippen molar-refractivity contribution in [1.82, 2.24) is 4.90 Å². The van der Waals surface area contributed by atoms with Crippen molar-refractivity contribution in [2.24, 2.45) is 0 Å². The zero-order valence-electron chi connectivity index (χ0n) is 15.0. The van der Waals surface area contributed by atoms with Crippen LogP contribution in [0.1, 0.15) is 32.6 Å². The Hall–Kier alpha value is -2.82. The van der Waals surface area contributed by atoms with E-state index in [9.17, 15) is 9.59 Å². The molecule has 0 aliphatic carbocycles. The molecule has 25 heavy (non-hydrogen) atoms. The number of carboxylic acids is 1. The van der Waals surface area contributed by atoms with Crippen LogP contribution < -0.4 is 4.74 Å². The minimum atomic E-state index is -0.972. The van der Waals surface area contributed by atoms with Crippen LogP contribution in [0.15, 0.2) is 36.4 Å². The number of aromatic carboxylic acids is 1. The van der Waals surface area contributed by atoms with Crippen molar-refractivity contribution in [2.45, 2.75) is 26.8 Å². The van der Waals surface area contributed by atoms with Crippen LogP contribution in [0.3, 0.4) is 0 Å². The van der Waals surface area contributed by atoms with Gasteiger partial charge in [0.25, 0.3) is 0 Å². The SMILES string of the molecule is COc1c(C)cc(CN(C)C(=O)Cc2ccc(C(=O)O)cc2)cc1C. The molecule has 1 amide bonds. The predicted octanol–water partition coefficient (Wildman–Crippen LogP) is 3.21. The summed E-state index contributed by atoms with van der Waals surface area (Å²) in [6, 6.07) is 10.4. The molecular weight excluding hydrogens is 318 g/mol. The lowest BCUT2D eigenvalue weighted by Gasteiger charge is -2.19. The molecule has 0 aromatic heterocycles. The summed E-state index contributed by atoms with van der Waals surface area (Å²) < 4.78 is 5.37. The molecular formula is C20H23NO4. The van der Waals surface area contributed by atoms with E-state index in [0.29, 0.717) is 6.54 Å². The number of carbonyl (C=O) groups excluding carboxylic acids is 1. The van der Waals surface area contributed by atoms with Crippen LogP contribution in [0.4, 0.5) is 0 Å². The molecule has 0 fully saturated rings. The maximum Gasteiger partial charge on any atom is 0.335 e. The topological polar surface area (TPSA) is 66.8 Å². The largest absolute Gasteiger partial charge is 0.496 e. The van der Waals surface area contributed by atoms with E-state index in [-0.39, 0.29) is 17.9 Å². The molecule has 2 aromatic rings. The van der Waals surface area contributed by atoms with Crippen molar-refractivity contribution in [3.63, 3.8) is 0 Å². The Kier molecular flexibility index (Phi) is 5.80. The second-order valence-electron chi connectivity index (χ2n) is 6.19. The third-order valence-electron chi connectivity index (χ3n) is 4.13. The van der Waals surface area contributed by atoms with E-state index in [1.807, 2.05) is 26.0 Å². The number of aryl methyl sites for hydroxylation is 2. The van der Waals surface area contributed by atoms with Gasteiger partial charge in [-0.2, -0.15) is 0 Å². The predicted molar refractivity (Wildman–Crippen MR) is 96.0 cm³/mol. The fourth-order valence-electron chi connectivity index (χ4n) is 2.89. The number of methoxy groups -OCH3 is 1. The first-order valence-corrected chi connectivity index (χ1v) is 8.02. The third kappa shape index (κ3) is 4.59. The summed E-state index contributed by atoms with van der Waals surface area (Å²) in [4.78, 5) is 24.9. The number of hydrogen-bond donors (Lipinski definition) is 1. The number of nitrogens with zero attached hydrogens (tertiary/aromatic N) is 1. The molecule has 0 atom stereocenters. The van der Waals surface area contributed by atoms with Gasteiger partial charge in [0.05, 0.1) is 19.1 Å². The highest BCUT2D eigenvalue weighted by Gasteiger charge is 2.13. The van der Waals surface area contributed by atoms with Crippen LogP contribution in [0.2, 0.25) is 0 Å². The molecule has 1 N–H and O–H groups in total. The highest BCUT2D eigenvalue weighted by atomic mass is 16.5. The molecule has 0 saturated heterocycles. The van der Waals surface area contributed by atoms with Gasteiger partial charge in [-0.1, -0.05) is 24.3 Å². The maximum atomic E-state index is 12.4. The first-order chi connectivity index (χ1) is 11.8. The fourth-order valence-corrected chi connectivity index (χ4v) is 2.89. The van der Waals surface area contributed by atoms with Gasteiger partial charge in [-0.3, -0.25) is 4.79 Å². The Morgan fingerprint density at radius 2 is 1.60 bits per heavy atom. The summed E-state index contributed by atoms with van der Waals surface area (Å²) in [6.07, 6.45) is 0.241. The summed E-state index contributed by atoms with van der Waals surface area (Å²) in [5, 5.41) is 8.91. The molecule has 132 valence electrons. The summed E-state index contributed by atoms with van der Waals surface area (Å²) >= 11 is 0. The van der Waals surface area contributed by atoms with Crippen LogP contribution in [-0.2, 0) is 17.8 Å². The van der Waals surface area contributed by atoms with Gasteiger partial charge in [-0.25, -0.2) is 4.79 Å². The van der Waals surface area contributed by atoms with E-state index in [1.165, 1.54) is 12.1 Å². The lowest BCUT2D eigenvalue weighted by molar-refractivity contribution is -0.129. The average molecular weight is 341 g/mol. The zero-order chi connectivity index (χ0) is 18.6. The van der Waals surface area contributed by atoms with E-state index in [4.69, 9.17) is 9.84 Å². The van der Waals surface area contributed by atoms with E-state index >= 15 is 0 Å². The second kappa shape index (κ2) is 7.83. The Bertz CT molecular complexity index is 758. The van der Waals surface area contributed by atoms with Gasteiger partial charge in [-0.15, -0.1) is 0 Å². The monoisotopic (exact) mass is 341 g/mol. The lowest BCUT2D eigenvalue weighted by Crippen LogP contribution is -2.27. The Morgan fingerprint density at radius 1 is 1.04 bits per heavy atom. The number of likely N-dealkylation sites (N-methyl/N-ethyl adjacent to an activating group) is 1. The molecule has 2 aromatic carbocycles. The van der Waals surface area contributed by atoms with E-state index in [0.717, 1.165) is 28.0 Å². The summed E-state index contributed by atoms with van der Waals surface area (Å²) in [7, 11) is 3.42. The second-order valence-corrected chi connectivity index (χ2v) is 6.19. The van der Waals surface area contributed by atoms with Gasteiger partial charge < -0.3 is 14.7 Å². The average Bonchev–Trinajstić information content (AvgIpc) is 2.55. The first-order valence-electron chi connectivity index (χ1n) is 8.02. The lowest BCUT2D eigenvalue weighted by atomic mass is 10.0. The fraction of sp³-hybridized carbons (Fsp3) is 0.300. The van der Waals surface area contributed by atoms with Crippen molar-refractivity contribution in [1.29, 1.82) is 0 Å². The van der Waals surface area contributed by atoms with Crippen LogP contribution in [-0.4, -0.2) is 36.0 Å². The molecule has 5 heteroatoms. The molecule has 0 heterocycles. The number of amides is 1. The highest BCUT2D eigenvalue weighted by molar-refractivity contribution is 5.87. The van der Waals surface area contributed by atoms with Gasteiger partial charge in [0, 0.05) is 13.6 Å². The van der Waals surface area contributed by atoms with Crippen LogP contribution in [0.5, 0.6) is 5.75 Å². The molecule has 5 nitrogen and oxygen atoms in total. The molecule has 0 spiro atoms. The summed E-state index contributed by atoms with van der Waals surface area (Å²) in [6.45, 7) is 4.49. The number of ether oxygens (including phenoxy) is 1. The van der Waals surface area contributed by atoms with Crippen molar-refractivity contribution in [3.05, 3.63) is 64.2 Å². The quantitative estimate of drug-likeness (QED) is 0.876. The summed E-state index contributed by atoms with van der Waals surface area (Å²) in [5.41, 5.74) is 4.15. The smallest absolute Gasteiger partial charge is 0.335 e. The van der Waals surface area contributed by atoms with Crippen LogP contribution in [0, 0.1) is 13.8 Å². The minimum Gasteiger partial charge on any atom is -0.496 e. The number of carboxylic acid groups (broad SMARTS) is 1. The Morgan fingerprint density at radius 3 is 2.08 bits per heavy atom. The number of rotatable bonds is 6. The molecule has 2 rings (SSSR count). The van der Waals surface area contributed by atoms with E-state index in [2.05, 4.69) is 0 Å². The normalized spacial score (nSPS) is 10.4. The first kappa shape index (κ1) is 18.5. The molecule has 0 saturated carbocycles. The van der Waals surface area contributed by atoms with Crippen molar-refractivity contribution in [3.8, 4) is 5.75 Å². The molecule has 0 radical (unpaired) electrons. The van der Waals surface area contributed by atoms with Gasteiger partial charge >= 0.3 is 5.97 Å². The number of benzene rings is 2. The van der Waals surface area contributed by atoms with Gasteiger partial charge in [-0.05, 0) is 48.2 Å². The van der Waals surface area contributed by atoms with E-state index < -0.39 is 5.97 Å². The van der Waals surface area contributed by atoms with Crippen molar-refractivity contribution < 1.29 is 19.4 Å². The molecule has 0 bridgehead atoms. The minimum absolute atomic E-state index is 0.0193. The van der Waals surface area contributed by atoms with E-state index in [1.54, 1.807) is 31.2 Å². The Balaban J connectivity index is 2.04. The van der Waals surface area contributed by atoms with Crippen LogP contribution in [0.25, 0.3) is 0 Å². The third-order valence-corrected chi connectivity index (χ3v) is 4.13. The maximum absolute atomic E-state index is 12.4. The molecule has 0 aliphatic heterocycles. The molecule has 0 aliphatic rings.